The molecule has 1 rings (SSSR count). The van der Waals surface area contributed by atoms with E-state index in [0.717, 1.165) is 0 Å². The van der Waals surface area contributed by atoms with Crippen LogP contribution < -0.4 is 21.7 Å². The van der Waals surface area contributed by atoms with Gasteiger partial charge in [0.15, 0.2) is 5.96 Å². The molecule has 33 heavy (non-hydrogen) atoms. The zero-order valence-corrected chi connectivity index (χ0v) is 19.2. The third-order valence-electron chi connectivity index (χ3n) is 4.71. The van der Waals surface area contributed by atoms with Crippen molar-refractivity contribution >= 4 is 36.1 Å². The van der Waals surface area contributed by atoms with Crippen molar-refractivity contribution in [2.75, 3.05) is 13.1 Å². The van der Waals surface area contributed by atoms with Gasteiger partial charge in [0, 0.05) is 13.1 Å². The normalized spacial score (nSPS) is 17.4. The number of hydrogen-bond acceptors (Lipinski definition) is 7. The number of nitrogens with two attached hydrogens (primary N) is 1. The van der Waals surface area contributed by atoms with Crippen LogP contribution in [0.5, 0.6) is 0 Å². The Morgan fingerprint density at radius 3 is 2.48 bits per heavy atom. The predicted octanol–water partition coefficient (Wildman–Crippen LogP) is -0.708. The minimum Gasteiger partial charge on any atom is -0.481 e. The molecule has 1 aliphatic heterocycles. The summed E-state index contributed by atoms with van der Waals surface area (Å²) in [7, 11) is 0. The second-order valence-corrected chi connectivity index (χ2v) is 8.72. The average Bonchev–Trinajstić information content (AvgIpc) is 3.17. The number of nitrogens with one attached hydrogen (secondary N) is 4. The van der Waals surface area contributed by atoms with Crippen LogP contribution in [0.4, 0.5) is 4.79 Å². The maximum atomic E-state index is 13.0. The smallest absolute Gasteiger partial charge is 0.408 e. The number of aliphatic carboxylic acids is 1. The van der Waals surface area contributed by atoms with Crippen LogP contribution in [0.25, 0.3) is 0 Å². The average molecular weight is 471 g/mol. The van der Waals surface area contributed by atoms with Crippen molar-refractivity contribution in [1.82, 2.24) is 20.9 Å². The lowest BCUT2D eigenvalue weighted by Gasteiger charge is -2.29. The van der Waals surface area contributed by atoms with Gasteiger partial charge < -0.3 is 41.2 Å². The van der Waals surface area contributed by atoms with Crippen molar-refractivity contribution in [3.8, 4) is 0 Å². The highest BCUT2D eigenvalue weighted by Crippen LogP contribution is 2.20. The van der Waals surface area contributed by atoms with Gasteiger partial charge in [0.1, 0.15) is 24.0 Å². The Labute approximate surface area is 192 Å². The number of amides is 3. The van der Waals surface area contributed by atoms with Crippen molar-refractivity contribution in [1.29, 1.82) is 5.41 Å². The number of hydrogen-bond donors (Lipinski definition) is 6. The molecule has 13 heteroatoms. The fraction of sp³-hybridized carbons (Fsp3) is 0.700. The van der Waals surface area contributed by atoms with Gasteiger partial charge in [0.2, 0.25) is 11.8 Å². The molecule has 0 aromatic carbocycles. The summed E-state index contributed by atoms with van der Waals surface area (Å²) in [5, 5.41) is 23.7. The van der Waals surface area contributed by atoms with E-state index in [2.05, 4.69) is 16.0 Å². The zero-order valence-electron chi connectivity index (χ0n) is 19.2. The van der Waals surface area contributed by atoms with Crippen LogP contribution >= 0.6 is 0 Å². The number of carbonyl (C=O) groups excluding carboxylic acids is 4. The summed E-state index contributed by atoms with van der Waals surface area (Å²) in [6, 6.07) is -3.10. The minimum atomic E-state index is -1.41. The Morgan fingerprint density at radius 2 is 1.94 bits per heavy atom. The van der Waals surface area contributed by atoms with Gasteiger partial charge in [-0.2, -0.15) is 0 Å². The maximum absolute atomic E-state index is 13.0. The van der Waals surface area contributed by atoms with Gasteiger partial charge >= 0.3 is 12.1 Å². The molecule has 0 radical (unpaired) electrons. The molecule has 0 saturated carbocycles. The summed E-state index contributed by atoms with van der Waals surface area (Å²) in [6.45, 7) is 5.44. The highest BCUT2D eigenvalue weighted by atomic mass is 16.6. The molecule has 0 aliphatic carbocycles. The summed E-state index contributed by atoms with van der Waals surface area (Å²) in [5.41, 5.74) is 4.34. The molecule has 13 nitrogen and oxygen atoms in total. The number of nitrogens with zero attached hydrogens (tertiary/aromatic N) is 1. The van der Waals surface area contributed by atoms with Crippen LogP contribution in [-0.2, 0) is 23.9 Å². The molecule has 0 unspecified atom stereocenters. The molecule has 7 N–H and O–H groups in total. The topological polar surface area (TPSA) is 204 Å². The lowest BCUT2D eigenvalue weighted by Crippen LogP contribution is -2.55. The van der Waals surface area contributed by atoms with Gasteiger partial charge in [-0.15, -0.1) is 0 Å². The van der Waals surface area contributed by atoms with E-state index in [1.165, 1.54) is 4.90 Å². The number of likely N-dealkylation sites (tertiary alicyclic amines) is 1. The number of carboxylic acid groups (broad SMARTS) is 1. The third-order valence-corrected chi connectivity index (χ3v) is 4.71. The number of carboxylic acids is 1. The number of rotatable bonds is 11. The van der Waals surface area contributed by atoms with Crippen LogP contribution in [0, 0.1) is 5.41 Å². The van der Waals surface area contributed by atoms with E-state index >= 15 is 0 Å². The molecular formula is C20H34N6O7. The second-order valence-electron chi connectivity index (χ2n) is 8.72. The Morgan fingerprint density at radius 1 is 1.27 bits per heavy atom. The molecule has 1 aliphatic rings. The van der Waals surface area contributed by atoms with E-state index in [1.807, 2.05) is 0 Å². The molecule has 0 aromatic rings. The molecule has 1 fully saturated rings. The Bertz CT molecular complexity index is 752. The number of ether oxygens (including phenoxy) is 1. The number of aldehydes is 1. The highest BCUT2D eigenvalue weighted by Gasteiger charge is 2.39. The van der Waals surface area contributed by atoms with Gasteiger partial charge in [-0.3, -0.25) is 19.8 Å². The van der Waals surface area contributed by atoms with Crippen LogP contribution in [0.2, 0.25) is 0 Å². The summed E-state index contributed by atoms with van der Waals surface area (Å²) in [4.78, 5) is 61.7. The lowest BCUT2D eigenvalue weighted by molar-refractivity contribution is -0.144. The Hall–Kier alpha value is -3.38. The van der Waals surface area contributed by atoms with Crippen molar-refractivity contribution in [3.63, 3.8) is 0 Å². The van der Waals surface area contributed by atoms with E-state index < -0.39 is 54.0 Å². The van der Waals surface area contributed by atoms with Gasteiger partial charge in [-0.25, -0.2) is 4.79 Å². The highest BCUT2D eigenvalue weighted by molar-refractivity contribution is 5.94. The summed E-state index contributed by atoms with van der Waals surface area (Å²) in [6.07, 6.45) is 0.579. The van der Waals surface area contributed by atoms with Crippen molar-refractivity contribution < 1.29 is 33.8 Å². The van der Waals surface area contributed by atoms with Crippen molar-refractivity contribution in [2.24, 2.45) is 5.73 Å². The first kappa shape index (κ1) is 27.7. The second kappa shape index (κ2) is 12.6. The number of carbonyl (C=O) groups is 5. The monoisotopic (exact) mass is 470 g/mol. The van der Waals surface area contributed by atoms with Crippen molar-refractivity contribution in [2.45, 2.75) is 76.6 Å². The van der Waals surface area contributed by atoms with Gasteiger partial charge in [-0.05, 0) is 46.5 Å². The quantitative estimate of drug-likeness (QED) is 0.0975. The third kappa shape index (κ3) is 10.2. The predicted molar refractivity (Wildman–Crippen MR) is 117 cm³/mol. The summed E-state index contributed by atoms with van der Waals surface area (Å²) in [5.74, 6) is -2.75. The molecule has 3 amide bonds. The van der Waals surface area contributed by atoms with Crippen LogP contribution in [0.1, 0.15) is 52.9 Å². The van der Waals surface area contributed by atoms with Crippen LogP contribution in [0.3, 0.4) is 0 Å². The fourth-order valence-corrected chi connectivity index (χ4v) is 3.33. The van der Waals surface area contributed by atoms with Crippen LogP contribution in [-0.4, -0.2) is 82.9 Å². The Balaban J connectivity index is 2.81. The number of alkyl carbamates (subject to hydrolysis) is 1. The first-order chi connectivity index (χ1) is 15.3. The first-order valence-electron chi connectivity index (χ1n) is 10.7. The maximum Gasteiger partial charge on any atom is 0.408 e. The first-order valence-corrected chi connectivity index (χ1v) is 10.7. The van der Waals surface area contributed by atoms with Gasteiger partial charge in [-0.1, -0.05) is 0 Å². The summed E-state index contributed by atoms with van der Waals surface area (Å²) < 4.78 is 5.11. The van der Waals surface area contributed by atoms with Gasteiger partial charge in [0.25, 0.3) is 0 Å². The van der Waals surface area contributed by atoms with Crippen LogP contribution in [0.15, 0.2) is 0 Å². The van der Waals surface area contributed by atoms with E-state index in [1.54, 1.807) is 20.8 Å². The van der Waals surface area contributed by atoms with Gasteiger partial charge in [0.05, 0.1) is 12.5 Å². The van der Waals surface area contributed by atoms with E-state index in [9.17, 15) is 29.1 Å². The molecule has 1 heterocycles. The van der Waals surface area contributed by atoms with E-state index in [0.29, 0.717) is 38.5 Å². The molecule has 0 bridgehead atoms. The van der Waals surface area contributed by atoms with Crippen molar-refractivity contribution in [3.05, 3.63) is 0 Å². The van der Waals surface area contributed by atoms with E-state index in [4.69, 9.17) is 15.9 Å². The lowest BCUT2D eigenvalue weighted by atomic mass is 10.1. The SMILES string of the molecule is CC(C)(C)OC(=O)N[C@H](CC(=O)O)C(=O)N1CCC[C@H]1C(=O)N[C@H](C=O)CCCNC(=N)N. The van der Waals surface area contributed by atoms with E-state index in [-0.39, 0.29) is 12.5 Å². The number of guanidine groups is 1. The Kier molecular flexibility index (Phi) is 10.6. The fourth-order valence-electron chi connectivity index (χ4n) is 3.33. The largest absolute Gasteiger partial charge is 0.481 e. The standard InChI is InChI=1S/C20H34N6O7/c1-20(2,3)33-19(32)25-13(10-15(28)29)17(31)26-9-5-7-14(26)16(30)24-12(11-27)6-4-8-23-18(21)22/h11-14H,4-10H2,1-3H3,(H,24,30)(H,25,32)(H,28,29)(H4,21,22,23)/t12-,13+,14-/m0/s1. The molecule has 0 aromatic heterocycles. The molecule has 3 atom stereocenters. The molecule has 186 valence electrons. The summed E-state index contributed by atoms with van der Waals surface area (Å²) >= 11 is 0. The molecule has 1 saturated heterocycles. The minimum absolute atomic E-state index is 0.197. The molecule has 0 spiro atoms. The zero-order chi connectivity index (χ0) is 25.2. The molecular weight excluding hydrogens is 436 g/mol.